The Hall–Kier alpha value is -2.28. The lowest BCUT2D eigenvalue weighted by Crippen LogP contribution is -2.27. The number of ether oxygens (including phenoxy) is 2. The van der Waals surface area contributed by atoms with Gasteiger partial charge in [0, 0.05) is 23.4 Å². The Kier molecular flexibility index (Phi) is 7.47. The van der Waals surface area contributed by atoms with Crippen molar-refractivity contribution in [3.8, 4) is 11.5 Å². The number of rotatable bonds is 8. The molecule has 1 aromatic heterocycles. The van der Waals surface area contributed by atoms with Crippen LogP contribution in [-0.4, -0.2) is 36.4 Å². The molecule has 2 aromatic rings. The van der Waals surface area contributed by atoms with Crippen molar-refractivity contribution in [2.45, 2.75) is 44.8 Å². The standard InChI is InChI=1S/C20H27N3O3S/c1-12-16(13(2)23-20(22-12)27-6)8-10-19(24)21-14(3)17-11-15(25-4)7-9-18(17)26-5/h7,9,11,14H,8,10H2,1-6H3,(H,21,24)/t14-/m0/s1. The number of thioether (sulfide) groups is 1. The van der Waals surface area contributed by atoms with E-state index < -0.39 is 0 Å². The molecule has 0 radical (unpaired) electrons. The number of amides is 1. The summed E-state index contributed by atoms with van der Waals surface area (Å²) in [6.07, 6.45) is 2.94. The number of nitrogens with zero attached hydrogens (tertiary/aromatic N) is 2. The van der Waals surface area contributed by atoms with E-state index in [9.17, 15) is 4.79 Å². The van der Waals surface area contributed by atoms with Gasteiger partial charge in [-0.25, -0.2) is 9.97 Å². The second-order valence-corrected chi connectivity index (χ2v) is 7.03. The first-order valence-electron chi connectivity index (χ1n) is 8.79. The summed E-state index contributed by atoms with van der Waals surface area (Å²) in [4.78, 5) is 21.4. The maximum Gasteiger partial charge on any atom is 0.220 e. The number of benzene rings is 1. The summed E-state index contributed by atoms with van der Waals surface area (Å²) >= 11 is 1.52. The summed E-state index contributed by atoms with van der Waals surface area (Å²) in [7, 11) is 3.23. The van der Waals surface area contributed by atoms with Gasteiger partial charge >= 0.3 is 0 Å². The van der Waals surface area contributed by atoms with Gasteiger partial charge in [-0.2, -0.15) is 0 Å². The number of carbonyl (C=O) groups excluding carboxylic acids is 1. The van der Waals surface area contributed by atoms with Gasteiger partial charge in [-0.15, -0.1) is 0 Å². The number of aryl methyl sites for hydroxylation is 2. The van der Waals surface area contributed by atoms with Crippen LogP contribution in [-0.2, 0) is 11.2 Å². The van der Waals surface area contributed by atoms with Crippen molar-refractivity contribution in [1.29, 1.82) is 0 Å². The lowest BCUT2D eigenvalue weighted by atomic mass is 10.0. The Labute approximate surface area is 165 Å². The Bertz CT molecular complexity index is 788. The Morgan fingerprint density at radius 3 is 2.41 bits per heavy atom. The van der Waals surface area contributed by atoms with E-state index in [0.717, 1.165) is 39.2 Å². The van der Waals surface area contributed by atoms with Gasteiger partial charge in [0.2, 0.25) is 5.91 Å². The lowest BCUT2D eigenvalue weighted by Gasteiger charge is -2.18. The maximum atomic E-state index is 12.5. The van der Waals surface area contributed by atoms with Gasteiger partial charge in [-0.05, 0) is 57.2 Å². The van der Waals surface area contributed by atoms with E-state index in [2.05, 4.69) is 15.3 Å². The number of hydrogen-bond acceptors (Lipinski definition) is 6. The van der Waals surface area contributed by atoms with Gasteiger partial charge in [-0.1, -0.05) is 11.8 Å². The first-order valence-corrected chi connectivity index (χ1v) is 10.0. The Morgan fingerprint density at radius 2 is 1.85 bits per heavy atom. The van der Waals surface area contributed by atoms with Crippen molar-refractivity contribution in [3.05, 3.63) is 40.7 Å². The molecule has 6 nitrogen and oxygen atoms in total. The molecular formula is C20H27N3O3S. The minimum atomic E-state index is -0.195. The summed E-state index contributed by atoms with van der Waals surface area (Å²) in [5.74, 6) is 1.42. The molecule has 27 heavy (non-hydrogen) atoms. The Balaban J connectivity index is 2.04. The second-order valence-electron chi connectivity index (χ2n) is 6.26. The highest BCUT2D eigenvalue weighted by Gasteiger charge is 2.16. The van der Waals surface area contributed by atoms with E-state index in [-0.39, 0.29) is 11.9 Å². The van der Waals surface area contributed by atoms with E-state index in [0.29, 0.717) is 12.8 Å². The van der Waals surface area contributed by atoms with Crippen LogP contribution >= 0.6 is 11.8 Å². The Morgan fingerprint density at radius 1 is 1.19 bits per heavy atom. The first-order chi connectivity index (χ1) is 12.9. The van der Waals surface area contributed by atoms with Gasteiger partial charge in [0.15, 0.2) is 5.16 Å². The first kappa shape index (κ1) is 21.0. The van der Waals surface area contributed by atoms with Crippen LogP contribution in [0.2, 0.25) is 0 Å². The number of methoxy groups -OCH3 is 2. The molecule has 1 amide bonds. The maximum absolute atomic E-state index is 12.5. The van der Waals surface area contributed by atoms with E-state index in [1.54, 1.807) is 14.2 Å². The molecule has 1 N–H and O–H groups in total. The molecule has 1 atom stereocenters. The van der Waals surface area contributed by atoms with Crippen molar-refractivity contribution in [1.82, 2.24) is 15.3 Å². The monoisotopic (exact) mass is 389 g/mol. The summed E-state index contributed by atoms with van der Waals surface area (Å²) in [6.45, 7) is 5.86. The van der Waals surface area contributed by atoms with Crippen molar-refractivity contribution in [3.63, 3.8) is 0 Å². The molecule has 1 heterocycles. The van der Waals surface area contributed by atoms with Gasteiger partial charge < -0.3 is 14.8 Å². The molecule has 7 heteroatoms. The summed E-state index contributed by atoms with van der Waals surface area (Å²) in [5, 5.41) is 3.80. The highest BCUT2D eigenvalue weighted by molar-refractivity contribution is 7.98. The summed E-state index contributed by atoms with van der Waals surface area (Å²) < 4.78 is 10.7. The fraction of sp³-hybridized carbons (Fsp3) is 0.450. The number of nitrogens with one attached hydrogen (secondary N) is 1. The smallest absolute Gasteiger partial charge is 0.220 e. The highest BCUT2D eigenvalue weighted by Crippen LogP contribution is 2.29. The van der Waals surface area contributed by atoms with Crippen molar-refractivity contribution in [2.75, 3.05) is 20.5 Å². The van der Waals surface area contributed by atoms with Gasteiger partial charge in [0.1, 0.15) is 11.5 Å². The fourth-order valence-corrected chi connectivity index (χ4v) is 3.43. The molecule has 1 aromatic carbocycles. The molecule has 2 rings (SSSR count). The molecule has 0 bridgehead atoms. The zero-order valence-electron chi connectivity index (χ0n) is 16.8. The van der Waals surface area contributed by atoms with Gasteiger partial charge in [0.25, 0.3) is 0 Å². The number of carbonyl (C=O) groups is 1. The normalized spacial score (nSPS) is 11.8. The van der Waals surface area contributed by atoms with Crippen LogP contribution in [0, 0.1) is 13.8 Å². The molecule has 0 saturated carbocycles. The topological polar surface area (TPSA) is 73.3 Å². The quantitative estimate of drug-likeness (QED) is 0.549. The number of hydrogen-bond donors (Lipinski definition) is 1. The second kappa shape index (κ2) is 9.60. The van der Waals surface area contributed by atoms with E-state index in [4.69, 9.17) is 9.47 Å². The van der Waals surface area contributed by atoms with Crippen LogP contribution in [0.1, 0.15) is 41.9 Å². The molecule has 0 aliphatic rings. The third-order valence-electron chi connectivity index (χ3n) is 4.47. The molecule has 0 unspecified atom stereocenters. The third-order valence-corrected chi connectivity index (χ3v) is 5.01. The zero-order chi connectivity index (χ0) is 20.0. The molecular weight excluding hydrogens is 362 g/mol. The van der Waals surface area contributed by atoms with Crippen LogP contribution in [0.15, 0.2) is 23.4 Å². The van der Waals surface area contributed by atoms with Crippen LogP contribution in [0.3, 0.4) is 0 Å². The molecule has 0 aliphatic heterocycles. The summed E-state index contributed by atoms with van der Waals surface area (Å²) in [6, 6.07) is 5.36. The molecule has 146 valence electrons. The zero-order valence-corrected chi connectivity index (χ0v) is 17.6. The van der Waals surface area contributed by atoms with Crippen molar-refractivity contribution < 1.29 is 14.3 Å². The average molecular weight is 390 g/mol. The van der Waals surface area contributed by atoms with Crippen LogP contribution in [0.4, 0.5) is 0 Å². The molecule has 0 spiro atoms. The fourth-order valence-electron chi connectivity index (χ4n) is 2.97. The van der Waals surface area contributed by atoms with Crippen LogP contribution in [0.25, 0.3) is 0 Å². The minimum absolute atomic E-state index is 0.0277. The van der Waals surface area contributed by atoms with Gasteiger partial charge in [0.05, 0.1) is 20.3 Å². The van der Waals surface area contributed by atoms with E-state index in [1.807, 2.05) is 45.2 Å². The average Bonchev–Trinajstić information content (AvgIpc) is 2.66. The molecule has 0 fully saturated rings. The minimum Gasteiger partial charge on any atom is -0.497 e. The lowest BCUT2D eigenvalue weighted by molar-refractivity contribution is -0.121. The molecule has 0 saturated heterocycles. The predicted octanol–water partition coefficient (Wildman–Crippen LogP) is 3.64. The predicted molar refractivity (Wildman–Crippen MR) is 108 cm³/mol. The highest BCUT2D eigenvalue weighted by atomic mass is 32.2. The van der Waals surface area contributed by atoms with Crippen molar-refractivity contribution >= 4 is 17.7 Å². The molecule has 0 aliphatic carbocycles. The summed E-state index contributed by atoms with van der Waals surface area (Å²) in [5.41, 5.74) is 3.78. The van der Waals surface area contributed by atoms with Gasteiger partial charge in [-0.3, -0.25) is 4.79 Å². The van der Waals surface area contributed by atoms with Crippen LogP contribution in [0.5, 0.6) is 11.5 Å². The number of aromatic nitrogens is 2. The van der Waals surface area contributed by atoms with Crippen molar-refractivity contribution in [2.24, 2.45) is 0 Å². The SMILES string of the molecule is COc1ccc(OC)c([C@H](C)NC(=O)CCc2c(C)nc(SC)nc2C)c1. The van der Waals surface area contributed by atoms with E-state index in [1.165, 1.54) is 11.8 Å². The third kappa shape index (κ3) is 5.35. The largest absolute Gasteiger partial charge is 0.497 e. The van der Waals surface area contributed by atoms with E-state index >= 15 is 0 Å². The van der Waals surface area contributed by atoms with Crippen LogP contribution < -0.4 is 14.8 Å².